The molecule has 8 bridgehead atoms. The molecule has 5 aliphatic heterocycles. The number of rotatable bonds is 11. The summed E-state index contributed by atoms with van der Waals surface area (Å²) < 4.78 is 10.2. The van der Waals surface area contributed by atoms with Crippen LogP contribution in [0.2, 0.25) is 0 Å². The summed E-state index contributed by atoms with van der Waals surface area (Å²) in [7, 11) is 1.32. The average Bonchev–Trinajstić information content (AvgIpc) is 3.92. The van der Waals surface area contributed by atoms with Crippen LogP contribution in [0, 0.1) is 6.92 Å². The number of H-pyrrole nitrogens is 2. The highest BCUT2D eigenvalue weighted by molar-refractivity contribution is 7.80. The number of carbonyl (C=O) groups is 4. The number of methoxy groups -OCH3 is 1. The normalized spacial score (nSPS) is 26.4. The molecule has 62 heavy (non-hydrogen) atoms. The molecule has 17 nitrogen and oxygen atoms in total. The molecule has 2 amide bonds. The molecule has 0 aliphatic carbocycles. The third kappa shape index (κ3) is 8.03. The fourth-order valence-electron chi connectivity index (χ4n) is 9.42. The van der Waals surface area contributed by atoms with Crippen molar-refractivity contribution in [2.45, 2.75) is 122 Å². The highest BCUT2D eigenvalue weighted by atomic mass is 32.1. The van der Waals surface area contributed by atoms with Crippen molar-refractivity contribution in [3.8, 4) is 0 Å². The van der Waals surface area contributed by atoms with Gasteiger partial charge in [-0.05, 0) is 81.6 Å². The molecule has 1 saturated heterocycles. The maximum Gasteiger partial charge on any atom is 0.305 e. The number of hydrogen-bond donors (Lipinski definition) is 8. The summed E-state index contributed by atoms with van der Waals surface area (Å²) in [6.45, 7) is 11.0. The molecule has 5 aliphatic rings. The van der Waals surface area contributed by atoms with Gasteiger partial charge in [-0.3, -0.25) is 29.1 Å². The van der Waals surface area contributed by atoms with Gasteiger partial charge in [0.2, 0.25) is 0 Å². The predicted octanol–water partition coefficient (Wildman–Crippen LogP) is 3.25. The number of aromatic amines is 2. The summed E-state index contributed by atoms with van der Waals surface area (Å²) in [4.78, 5) is 73.6. The zero-order valence-electron chi connectivity index (χ0n) is 35.9. The SMILES string of the molecule is CC[C@H]1c2cc3[nH]c4c(c5nc(cc6nc(cc([nH]2)[C@@H]1C)C(C(C)=O)=C6C)[C@@H](C)[C@@H]5CCC(=O)OC)C(=O)N(CCCNC(=S)NC1C(O)OC(CO)C(O)C1O)C(=O)c4c3C. The number of aromatic nitrogens is 4. The number of nitrogens with zero attached hydrogens (tertiary/aromatic N) is 3. The molecule has 0 saturated carbocycles. The maximum absolute atomic E-state index is 14.9. The Morgan fingerprint density at radius 2 is 1.69 bits per heavy atom. The Morgan fingerprint density at radius 1 is 0.968 bits per heavy atom. The summed E-state index contributed by atoms with van der Waals surface area (Å²) in [5.41, 5.74) is 7.37. The number of ether oxygens (including phenoxy) is 2. The van der Waals surface area contributed by atoms with E-state index in [9.17, 15) is 39.6 Å². The summed E-state index contributed by atoms with van der Waals surface area (Å²) in [5.74, 6) is -2.21. The van der Waals surface area contributed by atoms with Crippen LogP contribution in [-0.2, 0) is 19.1 Å². The smallest absolute Gasteiger partial charge is 0.305 e. The standard InChI is InChI=1S/C44H55N7O10S/c1-8-23-18(2)25-16-30-33(22(6)53)20(4)27(47-30)14-26-19(3)24(10-11-32(54)60-7)36(48-26)35-37-34(21(5)28(49-37)15-29(23)46-25)41(57)51(42(35)58)13-9-12-45-44(62)50-38-40(56)39(55)31(17-52)61-43(38)59/h14-16,18-19,23-24,31,38-40,43,46,49,52,55-56,59H,8-13,17H2,1-7H3,(H2,45,50,62)/t18-,19+,23-,24+,31?,38?,39?,40?,43?/m1/s1. The lowest BCUT2D eigenvalue weighted by molar-refractivity contribution is -0.252. The van der Waals surface area contributed by atoms with Crippen LogP contribution in [0.5, 0.6) is 0 Å². The lowest BCUT2D eigenvalue weighted by Crippen LogP contribution is -2.65. The van der Waals surface area contributed by atoms with E-state index < -0.39 is 61.0 Å². The number of hydrogen-bond acceptors (Lipinski definition) is 13. The number of fused-ring (bicyclic) bond motifs is 8. The number of amides is 2. The Hall–Kier alpha value is -5.11. The van der Waals surface area contributed by atoms with Crippen LogP contribution in [0.3, 0.4) is 0 Å². The second-order valence-corrected chi connectivity index (χ2v) is 17.1. The molecule has 18 heteroatoms. The minimum atomic E-state index is -1.58. The summed E-state index contributed by atoms with van der Waals surface area (Å²) in [5, 5.41) is 46.3. The minimum absolute atomic E-state index is 0.0117. The van der Waals surface area contributed by atoms with Crippen molar-refractivity contribution < 1.29 is 49.1 Å². The van der Waals surface area contributed by atoms with Crippen LogP contribution in [0.1, 0.15) is 144 Å². The number of aryl methyl sites for hydroxylation is 1. The lowest BCUT2D eigenvalue weighted by atomic mass is 9.84. The van der Waals surface area contributed by atoms with Gasteiger partial charge < -0.3 is 50.5 Å². The van der Waals surface area contributed by atoms with Gasteiger partial charge in [-0.15, -0.1) is 0 Å². The minimum Gasteiger partial charge on any atom is -0.469 e. The Kier molecular flexibility index (Phi) is 13.0. The molecule has 1 fully saturated rings. The van der Waals surface area contributed by atoms with Crippen molar-refractivity contribution in [1.29, 1.82) is 0 Å². The summed E-state index contributed by atoms with van der Waals surface area (Å²) >= 11 is 5.39. The molecule has 0 aromatic carbocycles. The number of aliphatic hydroxyl groups excluding tert-OH is 4. The average molecular weight is 874 g/mol. The highest BCUT2D eigenvalue weighted by Gasteiger charge is 2.44. The first-order chi connectivity index (χ1) is 29.5. The Bertz CT molecular complexity index is 2430. The van der Waals surface area contributed by atoms with E-state index in [0.717, 1.165) is 17.8 Å². The number of aliphatic hydroxyl groups is 4. The van der Waals surface area contributed by atoms with Crippen LogP contribution < -0.4 is 10.6 Å². The van der Waals surface area contributed by atoms with Gasteiger partial charge in [0.15, 0.2) is 17.2 Å². The van der Waals surface area contributed by atoms with Crippen LogP contribution in [0.25, 0.3) is 22.2 Å². The van der Waals surface area contributed by atoms with E-state index in [1.165, 1.54) is 18.9 Å². The monoisotopic (exact) mass is 873 g/mol. The van der Waals surface area contributed by atoms with Gasteiger partial charge >= 0.3 is 5.97 Å². The van der Waals surface area contributed by atoms with Gasteiger partial charge in [0.05, 0.1) is 47.4 Å². The number of allylic oxidation sites excluding steroid dienone is 2. The molecule has 8 N–H and O–H groups in total. The zero-order valence-corrected chi connectivity index (χ0v) is 36.7. The van der Waals surface area contributed by atoms with Crippen LogP contribution in [0.4, 0.5) is 0 Å². The van der Waals surface area contributed by atoms with E-state index in [4.69, 9.17) is 31.7 Å². The van der Waals surface area contributed by atoms with Crippen molar-refractivity contribution in [2.24, 2.45) is 0 Å². The largest absolute Gasteiger partial charge is 0.469 e. The third-order valence-electron chi connectivity index (χ3n) is 13.0. The zero-order chi connectivity index (χ0) is 44.9. The molecule has 0 spiro atoms. The van der Waals surface area contributed by atoms with E-state index in [1.54, 1.807) is 0 Å². The predicted molar refractivity (Wildman–Crippen MR) is 232 cm³/mol. The Morgan fingerprint density at radius 3 is 2.37 bits per heavy atom. The van der Waals surface area contributed by atoms with E-state index in [1.807, 2.05) is 39.0 Å². The quantitative estimate of drug-likeness (QED) is 0.0699. The molecule has 9 atom stereocenters. The first-order valence-corrected chi connectivity index (χ1v) is 21.5. The molecule has 2 aromatic rings. The van der Waals surface area contributed by atoms with Crippen LogP contribution >= 0.6 is 12.2 Å². The van der Waals surface area contributed by atoms with Crippen molar-refractivity contribution in [3.63, 3.8) is 0 Å². The van der Waals surface area contributed by atoms with E-state index in [2.05, 4.69) is 34.4 Å². The van der Waals surface area contributed by atoms with Gasteiger partial charge in [-0.25, -0.2) is 4.98 Å². The molecule has 5 unspecified atom stereocenters. The maximum atomic E-state index is 14.9. The fraction of sp³-hybridized carbons (Fsp3) is 0.523. The molecule has 332 valence electrons. The molecular weight excluding hydrogens is 819 g/mol. The summed E-state index contributed by atoms with van der Waals surface area (Å²) in [6.07, 6.45) is -4.35. The summed E-state index contributed by atoms with van der Waals surface area (Å²) in [6, 6.07) is 4.57. The van der Waals surface area contributed by atoms with E-state index in [-0.39, 0.29) is 60.1 Å². The first-order valence-electron chi connectivity index (χ1n) is 21.1. The van der Waals surface area contributed by atoms with Gasteiger partial charge in [0.25, 0.3) is 11.8 Å². The van der Waals surface area contributed by atoms with Crippen molar-refractivity contribution in [2.75, 3.05) is 26.8 Å². The molecule has 0 radical (unpaired) electrons. The molecular formula is C44H55N7O10S. The molecule has 7 heterocycles. The molecule has 7 rings (SSSR count). The number of esters is 1. The highest BCUT2D eigenvalue weighted by Crippen LogP contribution is 2.45. The topological polar surface area (TPSA) is 252 Å². The lowest BCUT2D eigenvalue weighted by Gasteiger charge is -2.40. The number of imide groups is 1. The van der Waals surface area contributed by atoms with Gasteiger partial charge in [-0.1, -0.05) is 20.8 Å². The van der Waals surface area contributed by atoms with E-state index in [0.29, 0.717) is 62.5 Å². The van der Waals surface area contributed by atoms with Crippen LogP contribution in [-0.4, -0.2) is 131 Å². The number of thiocarbonyl (C=S) groups is 1. The number of Topliss-reactive ketones (excluding diaryl/α,β-unsaturated/α-hetero) is 1. The third-order valence-corrected chi connectivity index (χ3v) is 13.3. The number of nitrogens with one attached hydrogen (secondary N) is 4. The number of carbonyl (C=O) groups excluding carboxylic acids is 4. The van der Waals surface area contributed by atoms with Crippen molar-refractivity contribution in [3.05, 3.63) is 69.1 Å². The number of ketones is 1. The fourth-order valence-corrected chi connectivity index (χ4v) is 9.65. The first kappa shape index (κ1) is 44.9. The second kappa shape index (κ2) is 17.9. The Balaban J connectivity index is 1.32. The van der Waals surface area contributed by atoms with Crippen molar-refractivity contribution >= 4 is 63.1 Å². The van der Waals surface area contributed by atoms with Crippen LogP contribution in [0.15, 0.2) is 18.2 Å². The Labute approximate surface area is 364 Å². The van der Waals surface area contributed by atoms with Crippen molar-refractivity contribution in [1.82, 2.24) is 35.5 Å². The second-order valence-electron chi connectivity index (χ2n) is 16.7. The van der Waals surface area contributed by atoms with Gasteiger partial charge in [0, 0.05) is 71.4 Å². The van der Waals surface area contributed by atoms with E-state index >= 15 is 0 Å². The van der Waals surface area contributed by atoms with Gasteiger partial charge in [0.1, 0.15) is 24.4 Å². The molecule has 2 aromatic heterocycles. The van der Waals surface area contributed by atoms with Gasteiger partial charge in [-0.2, -0.15) is 0 Å².